The molecule has 0 aliphatic carbocycles. The minimum absolute atomic E-state index is 0.00929. The van der Waals surface area contributed by atoms with Gasteiger partial charge in [-0.1, -0.05) is 12.1 Å². The molecule has 140 valence electrons. The molecule has 0 fully saturated rings. The fourth-order valence-electron chi connectivity index (χ4n) is 2.38. The Morgan fingerprint density at radius 2 is 1.74 bits per heavy atom. The molecular formula is C18H16F3N5O. The van der Waals surface area contributed by atoms with Gasteiger partial charge in [0.05, 0.1) is 5.56 Å². The van der Waals surface area contributed by atoms with Crippen molar-refractivity contribution in [2.45, 2.75) is 19.3 Å². The third-order valence-electron chi connectivity index (χ3n) is 3.71. The van der Waals surface area contributed by atoms with Gasteiger partial charge in [0, 0.05) is 31.7 Å². The summed E-state index contributed by atoms with van der Waals surface area (Å²) >= 11 is 0. The highest BCUT2D eigenvalue weighted by atomic mass is 19.4. The summed E-state index contributed by atoms with van der Waals surface area (Å²) in [6.07, 6.45) is 0.579. The molecule has 0 atom stereocenters. The molecule has 9 heteroatoms. The standard InChI is InChI=1S/C18H16F3N5O/c19-18(20,21)15-4-1-3-13(9-15)11-23-17(27)24-12-14-5-7-22-16(10-14)26-8-2-6-25-26/h1-10H,11-12H2,(H2,23,24,27). The summed E-state index contributed by atoms with van der Waals surface area (Å²) < 4.78 is 39.7. The number of carbonyl (C=O) groups is 1. The van der Waals surface area contributed by atoms with Crippen LogP contribution in [0.15, 0.2) is 61.1 Å². The van der Waals surface area contributed by atoms with Crippen molar-refractivity contribution in [3.63, 3.8) is 0 Å². The number of nitrogens with zero attached hydrogens (tertiary/aromatic N) is 3. The quantitative estimate of drug-likeness (QED) is 0.719. The second-order valence-electron chi connectivity index (χ2n) is 5.71. The van der Waals surface area contributed by atoms with Gasteiger partial charge in [-0.05, 0) is 41.5 Å². The first-order valence-corrected chi connectivity index (χ1v) is 8.04. The smallest absolute Gasteiger partial charge is 0.334 e. The first-order valence-electron chi connectivity index (χ1n) is 8.04. The predicted octanol–water partition coefficient (Wildman–Crippen LogP) is 3.29. The average molecular weight is 375 g/mol. The van der Waals surface area contributed by atoms with Gasteiger partial charge in [-0.15, -0.1) is 0 Å². The molecule has 0 aliphatic heterocycles. The Bertz CT molecular complexity index is 909. The van der Waals surface area contributed by atoms with Crippen molar-refractivity contribution in [1.29, 1.82) is 0 Å². The molecule has 2 N–H and O–H groups in total. The Balaban J connectivity index is 1.53. The van der Waals surface area contributed by atoms with E-state index in [1.54, 1.807) is 41.5 Å². The zero-order valence-corrected chi connectivity index (χ0v) is 14.1. The minimum atomic E-state index is -4.41. The maximum absolute atomic E-state index is 12.7. The zero-order valence-electron chi connectivity index (χ0n) is 14.1. The van der Waals surface area contributed by atoms with Crippen molar-refractivity contribution in [1.82, 2.24) is 25.4 Å². The van der Waals surface area contributed by atoms with Crippen LogP contribution >= 0.6 is 0 Å². The van der Waals surface area contributed by atoms with Gasteiger partial charge in [-0.3, -0.25) is 0 Å². The predicted molar refractivity (Wildman–Crippen MR) is 91.9 cm³/mol. The van der Waals surface area contributed by atoms with Crippen LogP contribution in [-0.4, -0.2) is 20.8 Å². The molecule has 2 amide bonds. The molecule has 0 saturated heterocycles. The Morgan fingerprint density at radius 1 is 1.00 bits per heavy atom. The van der Waals surface area contributed by atoms with Gasteiger partial charge >= 0.3 is 12.2 Å². The Kier molecular flexibility index (Phi) is 5.39. The molecule has 0 radical (unpaired) electrons. The van der Waals surface area contributed by atoms with Crippen LogP contribution < -0.4 is 10.6 Å². The lowest BCUT2D eigenvalue weighted by Crippen LogP contribution is -2.34. The number of carbonyl (C=O) groups excluding carboxylic acids is 1. The van der Waals surface area contributed by atoms with Gasteiger partial charge in [-0.2, -0.15) is 18.3 Å². The number of rotatable bonds is 5. The maximum Gasteiger partial charge on any atom is 0.416 e. The van der Waals surface area contributed by atoms with E-state index < -0.39 is 17.8 Å². The van der Waals surface area contributed by atoms with E-state index in [1.807, 2.05) is 0 Å². The SMILES string of the molecule is O=C(NCc1cccc(C(F)(F)F)c1)NCc1ccnc(-n2cccn2)c1. The van der Waals surface area contributed by atoms with Gasteiger partial charge in [0.1, 0.15) is 0 Å². The lowest BCUT2D eigenvalue weighted by molar-refractivity contribution is -0.137. The molecule has 2 aromatic heterocycles. The first-order chi connectivity index (χ1) is 12.9. The average Bonchev–Trinajstić information content (AvgIpc) is 3.19. The Hall–Kier alpha value is -3.36. The second-order valence-corrected chi connectivity index (χ2v) is 5.71. The molecule has 1 aromatic carbocycles. The number of nitrogens with one attached hydrogen (secondary N) is 2. The van der Waals surface area contributed by atoms with Crippen molar-refractivity contribution in [2.24, 2.45) is 0 Å². The van der Waals surface area contributed by atoms with Crippen LogP contribution in [0.3, 0.4) is 0 Å². The molecule has 3 aromatic rings. The van der Waals surface area contributed by atoms with Gasteiger partial charge < -0.3 is 10.6 Å². The minimum Gasteiger partial charge on any atom is -0.334 e. The van der Waals surface area contributed by atoms with E-state index in [0.29, 0.717) is 11.4 Å². The van der Waals surface area contributed by atoms with Crippen LogP contribution in [0.2, 0.25) is 0 Å². The third kappa shape index (κ3) is 5.06. The molecule has 0 aliphatic rings. The zero-order chi connectivity index (χ0) is 19.3. The number of urea groups is 1. The monoisotopic (exact) mass is 375 g/mol. The number of hydrogen-bond donors (Lipinski definition) is 2. The van der Waals surface area contributed by atoms with Crippen molar-refractivity contribution in [3.05, 3.63) is 77.7 Å². The van der Waals surface area contributed by atoms with E-state index in [2.05, 4.69) is 20.7 Å². The summed E-state index contributed by atoms with van der Waals surface area (Å²) in [6.45, 7) is 0.232. The van der Waals surface area contributed by atoms with E-state index in [4.69, 9.17) is 0 Å². The summed E-state index contributed by atoms with van der Waals surface area (Å²) in [5.74, 6) is 0.615. The Labute approximate surface area is 153 Å². The van der Waals surface area contributed by atoms with Crippen molar-refractivity contribution >= 4 is 6.03 Å². The largest absolute Gasteiger partial charge is 0.416 e. The Morgan fingerprint density at radius 3 is 2.41 bits per heavy atom. The highest BCUT2D eigenvalue weighted by molar-refractivity contribution is 5.73. The number of hydrogen-bond acceptors (Lipinski definition) is 3. The fourth-order valence-corrected chi connectivity index (χ4v) is 2.38. The van der Waals surface area contributed by atoms with Crippen LogP contribution in [0.25, 0.3) is 5.82 Å². The molecule has 0 spiro atoms. The topological polar surface area (TPSA) is 71.8 Å². The molecule has 27 heavy (non-hydrogen) atoms. The van der Waals surface area contributed by atoms with E-state index >= 15 is 0 Å². The molecule has 3 rings (SSSR count). The molecular weight excluding hydrogens is 359 g/mol. The second kappa shape index (κ2) is 7.90. The molecule has 0 saturated carbocycles. The molecule has 2 heterocycles. The molecule has 0 bridgehead atoms. The maximum atomic E-state index is 12.7. The third-order valence-corrected chi connectivity index (χ3v) is 3.71. The van der Waals surface area contributed by atoms with E-state index in [9.17, 15) is 18.0 Å². The summed E-state index contributed by atoms with van der Waals surface area (Å²) in [4.78, 5) is 16.1. The summed E-state index contributed by atoms with van der Waals surface area (Å²) in [6, 6.07) is 9.66. The van der Waals surface area contributed by atoms with Crippen LogP contribution in [0.1, 0.15) is 16.7 Å². The highest BCUT2D eigenvalue weighted by Gasteiger charge is 2.30. The lowest BCUT2D eigenvalue weighted by atomic mass is 10.1. The van der Waals surface area contributed by atoms with Crippen LogP contribution in [0, 0.1) is 0 Å². The number of alkyl halides is 3. The molecule has 6 nitrogen and oxygen atoms in total. The van der Waals surface area contributed by atoms with Crippen molar-refractivity contribution in [2.75, 3.05) is 0 Å². The van der Waals surface area contributed by atoms with Crippen LogP contribution in [0.4, 0.5) is 18.0 Å². The van der Waals surface area contributed by atoms with E-state index in [0.717, 1.165) is 17.7 Å². The number of halogens is 3. The van der Waals surface area contributed by atoms with Gasteiger partial charge in [-0.25, -0.2) is 14.5 Å². The number of benzene rings is 1. The van der Waals surface area contributed by atoms with Crippen molar-refractivity contribution < 1.29 is 18.0 Å². The van der Waals surface area contributed by atoms with Crippen molar-refractivity contribution in [3.8, 4) is 5.82 Å². The van der Waals surface area contributed by atoms with E-state index in [1.165, 1.54) is 12.1 Å². The summed E-state index contributed by atoms with van der Waals surface area (Å²) in [5, 5.41) is 9.28. The van der Waals surface area contributed by atoms with Gasteiger partial charge in [0.25, 0.3) is 0 Å². The summed E-state index contributed by atoms with van der Waals surface area (Å²) in [7, 11) is 0. The normalized spacial score (nSPS) is 11.2. The fraction of sp³-hybridized carbons (Fsp3) is 0.167. The van der Waals surface area contributed by atoms with E-state index in [-0.39, 0.29) is 13.1 Å². The lowest BCUT2D eigenvalue weighted by Gasteiger charge is -2.11. The van der Waals surface area contributed by atoms with Crippen LogP contribution in [0.5, 0.6) is 0 Å². The van der Waals surface area contributed by atoms with Gasteiger partial charge in [0.15, 0.2) is 5.82 Å². The summed E-state index contributed by atoms with van der Waals surface area (Å²) in [5.41, 5.74) is 0.430. The highest BCUT2D eigenvalue weighted by Crippen LogP contribution is 2.29. The molecule has 0 unspecified atom stereocenters. The number of aromatic nitrogens is 3. The van der Waals surface area contributed by atoms with Crippen LogP contribution in [-0.2, 0) is 19.3 Å². The first kappa shape index (κ1) is 18.4. The number of pyridine rings is 1. The number of amides is 2. The van der Waals surface area contributed by atoms with Gasteiger partial charge in [0.2, 0.25) is 0 Å².